The largest absolute Gasteiger partial charge is 0.508 e. The van der Waals surface area contributed by atoms with Crippen molar-refractivity contribution in [2.45, 2.75) is 51.4 Å². The van der Waals surface area contributed by atoms with Gasteiger partial charge < -0.3 is 5.11 Å². The average Bonchev–Trinajstić information content (AvgIpc) is 2.39. The van der Waals surface area contributed by atoms with Crippen molar-refractivity contribution in [3.8, 4) is 5.75 Å². The zero-order chi connectivity index (χ0) is 14.3. The highest BCUT2D eigenvalue weighted by atomic mass is 35.5. The fraction of sp³-hybridized carbons (Fsp3) is 0.625. The molecule has 0 aliphatic rings. The number of hydrogen-bond acceptors (Lipinski definition) is 1. The van der Waals surface area contributed by atoms with Crippen LogP contribution in [0, 0.1) is 0 Å². The minimum atomic E-state index is 0.335. The topological polar surface area (TPSA) is 20.2 Å². The minimum Gasteiger partial charge on any atom is -0.508 e. The number of benzene rings is 1. The average molecular weight is 303 g/mol. The third-order valence-electron chi connectivity index (χ3n) is 3.52. The van der Waals surface area contributed by atoms with Gasteiger partial charge in [-0.1, -0.05) is 26.0 Å². The molecule has 1 nitrogen and oxygen atoms in total. The number of phenols is 1. The highest BCUT2D eigenvalue weighted by molar-refractivity contribution is 6.18. The smallest absolute Gasteiger partial charge is 0.119 e. The summed E-state index contributed by atoms with van der Waals surface area (Å²) in [5, 5.41) is 9.90. The number of phenolic OH excluding ortho intramolecular Hbond substituents is 1. The van der Waals surface area contributed by atoms with E-state index in [2.05, 4.69) is 19.9 Å². The van der Waals surface area contributed by atoms with Crippen molar-refractivity contribution in [1.29, 1.82) is 0 Å². The van der Waals surface area contributed by atoms with Crippen molar-refractivity contribution in [2.75, 3.05) is 11.8 Å². The molecular weight excluding hydrogens is 279 g/mol. The third-order valence-corrected chi connectivity index (χ3v) is 4.05. The third kappa shape index (κ3) is 5.24. The van der Waals surface area contributed by atoms with Crippen LogP contribution in [0.4, 0.5) is 0 Å². The van der Waals surface area contributed by atoms with Gasteiger partial charge in [0.15, 0.2) is 0 Å². The summed E-state index contributed by atoms with van der Waals surface area (Å²) in [5.74, 6) is 2.63. The molecule has 3 heteroatoms. The lowest BCUT2D eigenvalue weighted by molar-refractivity contribution is 0.463. The minimum absolute atomic E-state index is 0.335. The summed E-state index contributed by atoms with van der Waals surface area (Å²) in [5.41, 5.74) is 2.33. The molecule has 1 aromatic carbocycles. The van der Waals surface area contributed by atoms with Gasteiger partial charge in [-0.15, -0.1) is 23.2 Å². The van der Waals surface area contributed by atoms with Gasteiger partial charge in [0.1, 0.15) is 5.75 Å². The quantitative estimate of drug-likeness (QED) is 0.616. The maximum atomic E-state index is 9.90. The first-order valence-corrected chi connectivity index (χ1v) is 8.11. The molecule has 0 bridgehead atoms. The molecule has 0 aliphatic heterocycles. The Labute approximate surface area is 126 Å². The summed E-state index contributed by atoms with van der Waals surface area (Å²) < 4.78 is 0. The van der Waals surface area contributed by atoms with E-state index in [-0.39, 0.29) is 0 Å². The van der Waals surface area contributed by atoms with E-state index >= 15 is 0 Å². The molecule has 1 rings (SSSR count). The first-order valence-electron chi connectivity index (χ1n) is 7.04. The van der Waals surface area contributed by atoms with E-state index in [1.54, 1.807) is 0 Å². The van der Waals surface area contributed by atoms with Crippen LogP contribution in [-0.2, 0) is 0 Å². The number of alkyl halides is 2. The zero-order valence-electron chi connectivity index (χ0n) is 11.8. The maximum Gasteiger partial charge on any atom is 0.119 e. The molecule has 0 saturated heterocycles. The standard InChI is InChI=1S/C16H24Cl2O/c1-12(2)15-11-14(7-8-16(15)19)13(5-3-9-17)6-4-10-18/h7-8,11-13,19H,3-6,9-10H2,1-2H3. The number of aromatic hydroxyl groups is 1. The van der Waals surface area contributed by atoms with Gasteiger partial charge in [-0.2, -0.15) is 0 Å². The Hall–Kier alpha value is -0.400. The van der Waals surface area contributed by atoms with Crippen molar-refractivity contribution in [3.63, 3.8) is 0 Å². The molecule has 0 saturated carbocycles. The molecule has 1 aromatic rings. The van der Waals surface area contributed by atoms with E-state index in [4.69, 9.17) is 23.2 Å². The Bertz CT molecular complexity index is 369. The Morgan fingerprint density at radius 3 is 2.11 bits per heavy atom. The zero-order valence-corrected chi connectivity index (χ0v) is 13.3. The van der Waals surface area contributed by atoms with Crippen LogP contribution in [-0.4, -0.2) is 16.9 Å². The van der Waals surface area contributed by atoms with Crippen LogP contribution < -0.4 is 0 Å². The van der Waals surface area contributed by atoms with E-state index in [1.165, 1.54) is 5.56 Å². The van der Waals surface area contributed by atoms with E-state index in [0.717, 1.165) is 31.2 Å². The van der Waals surface area contributed by atoms with Crippen LogP contribution in [0.2, 0.25) is 0 Å². The Morgan fingerprint density at radius 2 is 1.63 bits per heavy atom. The second-order valence-electron chi connectivity index (χ2n) is 5.33. The number of halogens is 2. The van der Waals surface area contributed by atoms with Crippen molar-refractivity contribution in [1.82, 2.24) is 0 Å². The fourth-order valence-electron chi connectivity index (χ4n) is 2.41. The Morgan fingerprint density at radius 1 is 1.05 bits per heavy atom. The van der Waals surface area contributed by atoms with Crippen LogP contribution in [0.5, 0.6) is 5.75 Å². The molecule has 0 radical (unpaired) electrons. The molecule has 19 heavy (non-hydrogen) atoms. The summed E-state index contributed by atoms with van der Waals surface area (Å²) >= 11 is 11.6. The highest BCUT2D eigenvalue weighted by Crippen LogP contribution is 2.33. The molecule has 0 aromatic heterocycles. The molecule has 0 unspecified atom stereocenters. The maximum absolute atomic E-state index is 9.90. The second kappa shape index (κ2) is 8.71. The molecule has 0 amide bonds. The van der Waals surface area contributed by atoms with Gasteiger partial charge in [0, 0.05) is 11.8 Å². The first kappa shape index (κ1) is 16.7. The lowest BCUT2D eigenvalue weighted by Crippen LogP contribution is -2.02. The highest BCUT2D eigenvalue weighted by Gasteiger charge is 2.14. The summed E-state index contributed by atoms with van der Waals surface area (Å²) in [6.45, 7) is 4.21. The van der Waals surface area contributed by atoms with Crippen LogP contribution in [0.15, 0.2) is 18.2 Å². The van der Waals surface area contributed by atoms with Crippen LogP contribution in [0.25, 0.3) is 0 Å². The molecule has 0 heterocycles. The molecule has 0 aliphatic carbocycles. The summed E-state index contributed by atoms with van der Waals surface area (Å²) in [6, 6.07) is 6.00. The van der Waals surface area contributed by atoms with Crippen molar-refractivity contribution >= 4 is 23.2 Å². The molecule has 0 spiro atoms. The second-order valence-corrected chi connectivity index (χ2v) is 6.09. The molecular formula is C16H24Cl2O. The summed E-state index contributed by atoms with van der Waals surface area (Å²) in [4.78, 5) is 0. The molecule has 0 fully saturated rings. The van der Waals surface area contributed by atoms with Crippen molar-refractivity contribution in [2.24, 2.45) is 0 Å². The van der Waals surface area contributed by atoms with Crippen molar-refractivity contribution in [3.05, 3.63) is 29.3 Å². The van der Waals surface area contributed by atoms with Crippen molar-refractivity contribution < 1.29 is 5.11 Å². The van der Waals surface area contributed by atoms with Gasteiger partial charge in [0.2, 0.25) is 0 Å². The Kier molecular flexibility index (Phi) is 7.63. The van der Waals surface area contributed by atoms with E-state index in [1.807, 2.05) is 12.1 Å². The van der Waals surface area contributed by atoms with Gasteiger partial charge in [0.25, 0.3) is 0 Å². The predicted molar refractivity (Wildman–Crippen MR) is 84.8 cm³/mol. The fourth-order valence-corrected chi connectivity index (χ4v) is 2.72. The van der Waals surface area contributed by atoms with Gasteiger partial charge in [0.05, 0.1) is 0 Å². The predicted octanol–water partition coefficient (Wildman–Crippen LogP) is 5.64. The van der Waals surface area contributed by atoms with E-state index in [9.17, 15) is 5.11 Å². The molecule has 1 N–H and O–H groups in total. The normalized spacial score (nSPS) is 11.5. The monoisotopic (exact) mass is 302 g/mol. The number of hydrogen-bond donors (Lipinski definition) is 1. The molecule has 0 atom stereocenters. The van der Waals surface area contributed by atoms with Gasteiger partial charge in [-0.25, -0.2) is 0 Å². The van der Waals surface area contributed by atoms with Gasteiger partial charge in [-0.05, 0) is 54.7 Å². The van der Waals surface area contributed by atoms with Crippen LogP contribution in [0.1, 0.15) is 62.5 Å². The van der Waals surface area contributed by atoms with Crippen LogP contribution in [0.3, 0.4) is 0 Å². The van der Waals surface area contributed by atoms with E-state index < -0.39 is 0 Å². The SMILES string of the molecule is CC(C)c1cc(C(CCCCl)CCCCl)ccc1O. The molecule has 108 valence electrons. The number of rotatable bonds is 8. The summed E-state index contributed by atoms with van der Waals surface area (Å²) in [7, 11) is 0. The summed E-state index contributed by atoms with van der Waals surface area (Å²) in [6.07, 6.45) is 4.21. The lowest BCUT2D eigenvalue weighted by Gasteiger charge is -2.19. The Balaban J connectivity index is 2.90. The van der Waals surface area contributed by atoms with Gasteiger partial charge >= 0.3 is 0 Å². The van der Waals surface area contributed by atoms with E-state index in [0.29, 0.717) is 29.3 Å². The lowest BCUT2D eigenvalue weighted by atomic mass is 9.87. The van der Waals surface area contributed by atoms with Gasteiger partial charge in [-0.3, -0.25) is 0 Å². The van der Waals surface area contributed by atoms with Crippen LogP contribution >= 0.6 is 23.2 Å². The first-order chi connectivity index (χ1) is 9.10.